The van der Waals surface area contributed by atoms with Crippen LogP contribution in [0.3, 0.4) is 0 Å². The third-order valence-corrected chi connectivity index (χ3v) is 3.12. The lowest BCUT2D eigenvalue weighted by Gasteiger charge is -2.11. The molecule has 2 amide bonds. The van der Waals surface area contributed by atoms with E-state index in [0.717, 1.165) is 11.8 Å². The van der Waals surface area contributed by atoms with Gasteiger partial charge in [-0.1, -0.05) is 18.7 Å². The predicted octanol–water partition coefficient (Wildman–Crippen LogP) is 0.0886. The van der Waals surface area contributed by atoms with E-state index in [-0.39, 0.29) is 17.3 Å². The van der Waals surface area contributed by atoms with Gasteiger partial charge < -0.3 is 15.7 Å². The lowest BCUT2D eigenvalue weighted by Crippen LogP contribution is -2.43. The van der Waals surface area contributed by atoms with Gasteiger partial charge in [0.15, 0.2) is 0 Å². The highest BCUT2D eigenvalue weighted by Crippen LogP contribution is 2.12. The largest absolute Gasteiger partial charge is 0.393 e. The van der Waals surface area contributed by atoms with Crippen LogP contribution in [0.1, 0.15) is 19.8 Å². The van der Waals surface area contributed by atoms with E-state index in [1.54, 1.807) is 0 Å². The van der Waals surface area contributed by atoms with Gasteiger partial charge in [0.05, 0.1) is 6.10 Å². The SMILES string of the molecule is CCC(O)CCNC(=O)C1CSC(=O)N1. The van der Waals surface area contributed by atoms with Gasteiger partial charge >= 0.3 is 0 Å². The summed E-state index contributed by atoms with van der Waals surface area (Å²) in [4.78, 5) is 22.3. The van der Waals surface area contributed by atoms with E-state index in [0.29, 0.717) is 25.1 Å². The summed E-state index contributed by atoms with van der Waals surface area (Å²) in [6.45, 7) is 2.34. The maximum absolute atomic E-state index is 11.4. The first-order valence-electron chi connectivity index (χ1n) is 5.02. The molecule has 15 heavy (non-hydrogen) atoms. The highest BCUT2D eigenvalue weighted by molar-refractivity contribution is 8.14. The zero-order valence-electron chi connectivity index (χ0n) is 8.66. The van der Waals surface area contributed by atoms with Crippen molar-refractivity contribution in [2.45, 2.75) is 31.9 Å². The van der Waals surface area contributed by atoms with Crippen molar-refractivity contribution >= 4 is 22.9 Å². The van der Waals surface area contributed by atoms with Crippen molar-refractivity contribution in [3.05, 3.63) is 0 Å². The van der Waals surface area contributed by atoms with Crippen molar-refractivity contribution in [1.82, 2.24) is 10.6 Å². The molecule has 0 aliphatic carbocycles. The predicted molar refractivity (Wildman–Crippen MR) is 58.7 cm³/mol. The van der Waals surface area contributed by atoms with Crippen LogP contribution in [0.2, 0.25) is 0 Å². The molecule has 5 nitrogen and oxygen atoms in total. The first kappa shape index (κ1) is 12.3. The van der Waals surface area contributed by atoms with Gasteiger partial charge in [-0.05, 0) is 12.8 Å². The first-order valence-corrected chi connectivity index (χ1v) is 6.01. The molecule has 0 aromatic rings. The second-order valence-corrected chi connectivity index (χ2v) is 4.43. The van der Waals surface area contributed by atoms with Crippen molar-refractivity contribution in [2.75, 3.05) is 12.3 Å². The molecule has 1 aliphatic heterocycles. The molecule has 1 heterocycles. The Kier molecular flexibility index (Phi) is 4.90. The summed E-state index contributed by atoms with van der Waals surface area (Å²) in [5.41, 5.74) is 0. The summed E-state index contributed by atoms with van der Waals surface area (Å²) < 4.78 is 0. The number of aliphatic hydroxyl groups is 1. The third-order valence-electron chi connectivity index (χ3n) is 2.24. The molecule has 2 atom stereocenters. The Morgan fingerprint density at radius 3 is 3.07 bits per heavy atom. The second-order valence-electron chi connectivity index (χ2n) is 3.44. The number of nitrogens with one attached hydrogen (secondary N) is 2. The Balaban J connectivity index is 2.16. The number of thioether (sulfide) groups is 1. The molecule has 1 rings (SSSR count). The lowest BCUT2D eigenvalue weighted by atomic mass is 10.2. The summed E-state index contributed by atoms with van der Waals surface area (Å²) in [5.74, 6) is 0.317. The fraction of sp³-hybridized carbons (Fsp3) is 0.778. The third kappa shape index (κ3) is 4.09. The Morgan fingerprint density at radius 1 is 1.80 bits per heavy atom. The highest BCUT2D eigenvalue weighted by Gasteiger charge is 2.27. The number of amides is 2. The Bertz CT molecular complexity index is 248. The van der Waals surface area contributed by atoms with Crippen molar-refractivity contribution in [3.63, 3.8) is 0 Å². The smallest absolute Gasteiger partial charge is 0.279 e. The lowest BCUT2D eigenvalue weighted by molar-refractivity contribution is -0.122. The van der Waals surface area contributed by atoms with Gasteiger partial charge in [0, 0.05) is 12.3 Å². The number of carbonyl (C=O) groups excluding carboxylic acids is 2. The van der Waals surface area contributed by atoms with Crippen LogP contribution in [0.25, 0.3) is 0 Å². The molecule has 3 N–H and O–H groups in total. The van der Waals surface area contributed by atoms with Gasteiger partial charge in [-0.25, -0.2) is 0 Å². The van der Waals surface area contributed by atoms with Gasteiger partial charge in [0.1, 0.15) is 6.04 Å². The van der Waals surface area contributed by atoms with Gasteiger partial charge in [-0.3, -0.25) is 9.59 Å². The molecular weight excluding hydrogens is 216 g/mol. The fourth-order valence-electron chi connectivity index (χ4n) is 1.22. The number of aliphatic hydroxyl groups excluding tert-OH is 1. The van der Waals surface area contributed by atoms with Crippen LogP contribution in [-0.4, -0.2) is 40.7 Å². The van der Waals surface area contributed by atoms with E-state index in [4.69, 9.17) is 0 Å². The van der Waals surface area contributed by atoms with Crippen LogP contribution in [0, 0.1) is 0 Å². The summed E-state index contributed by atoms with van der Waals surface area (Å²) in [5, 5.41) is 14.3. The van der Waals surface area contributed by atoms with Crippen molar-refractivity contribution in [3.8, 4) is 0 Å². The number of hydrogen-bond donors (Lipinski definition) is 3. The van der Waals surface area contributed by atoms with Crippen LogP contribution in [0.4, 0.5) is 4.79 Å². The fourth-order valence-corrected chi connectivity index (χ4v) is 1.99. The minimum absolute atomic E-state index is 0.149. The maximum Gasteiger partial charge on any atom is 0.279 e. The monoisotopic (exact) mass is 232 g/mol. The molecule has 86 valence electrons. The van der Waals surface area contributed by atoms with E-state index in [2.05, 4.69) is 10.6 Å². The number of hydrogen-bond acceptors (Lipinski definition) is 4. The Morgan fingerprint density at radius 2 is 2.53 bits per heavy atom. The van der Waals surface area contributed by atoms with Crippen LogP contribution in [0.15, 0.2) is 0 Å². The minimum atomic E-state index is -0.415. The van der Waals surface area contributed by atoms with Crippen LogP contribution in [0.5, 0.6) is 0 Å². The van der Waals surface area contributed by atoms with Crippen molar-refractivity contribution < 1.29 is 14.7 Å². The summed E-state index contributed by atoms with van der Waals surface area (Å²) >= 11 is 1.12. The standard InChI is InChI=1S/C9H16N2O3S/c1-2-6(12)3-4-10-8(13)7-5-15-9(14)11-7/h6-7,12H,2-5H2,1H3,(H,10,13)(H,11,14). The van der Waals surface area contributed by atoms with Crippen molar-refractivity contribution in [1.29, 1.82) is 0 Å². The molecule has 0 bridgehead atoms. The van der Waals surface area contributed by atoms with E-state index in [1.165, 1.54) is 0 Å². The van der Waals surface area contributed by atoms with Gasteiger partial charge in [0.25, 0.3) is 5.24 Å². The molecule has 6 heteroatoms. The molecule has 0 spiro atoms. The quantitative estimate of drug-likeness (QED) is 0.627. The van der Waals surface area contributed by atoms with E-state index in [9.17, 15) is 14.7 Å². The average molecular weight is 232 g/mol. The molecule has 1 aliphatic rings. The molecule has 0 aromatic carbocycles. The zero-order valence-corrected chi connectivity index (χ0v) is 9.47. The molecule has 0 radical (unpaired) electrons. The summed E-state index contributed by atoms with van der Waals surface area (Å²) in [6, 6.07) is -0.415. The normalized spacial score (nSPS) is 22.3. The topological polar surface area (TPSA) is 78.4 Å². The van der Waals surface area contributed by atoms with Gasteiger partial charge in [-0.15, -0.1) is 0 Å². The Hall–Kier alpha value is -0.750. The molecule has 0 saturated carbocycles. The molecule has 1 saturated heterocycles. The minimum Gasteiger partial charge on any atom is -0.393 e. The highest BCUT2D eigenvalue weighted by atomic mass is 32.2. The van der Waals surface area contributed by atoms with Crippen LogP contribution < -0.4 is 10.6 Å². The number of rotatable bonds is 5. The number of carbonyl (C=O) groups is 2. The molecule has 1 fully saturated rings. The van der Waals surface area contributed by atoms with Crippen molar-refractivity contribution in [2.24, 2.45) is 0 Å². The van der Waals surface area contributed by atoms with E-state index >= 15 is 0 Å². The summed E-state index contributed by atoms with van der Waals surface area (Å²) in [7, 11) is 0. The molecule has 0 aromatic heterocycles. The Labute approximate surface area is 93.0 Å². The molecule has 2 unspecified atom stereocenters. The zero-order chi connectivity index (χ0) is 11.3. The summed E-state index contributed by atoms with van der Waals surface area (Å²) in [6.07, 6.45) is 0.875. The van der Waals surface area contributed by atoms with Crippen LogP contribution in [-0.2, 0) is 4.79 Å². The first-order chi connectivity index (χ1) is 7.13. The second kappa shape index (κ2) is 5.97. The average Bonchev–Trinajstić information content (AvgIpc) is 2.64. The van der Waals surface area contributed by atoms with E-state index in [1.807, 2.05) is 6.92 Å². The molecular formula is C9H16N2O3S. The van der Waals surface area contributed by atoms with Crippen LogP contribution >= 0.6 is 11.8 Å². The maximum atomic E-state index is 11.4. The van der Waals surface area contributed by atoms with E-state index < -0.39 is 6.04 Å². The van der Waals surface area contributed by atoms with Gasteiger partial charge in [-0.2, -0.15) is 0 Å². The van der Waals surface area contributed by atoms with Gasteiger partial charge in [0.2, 0.25) is 5.91 Å².